The van der Waals surface area contributed by atoms with Crippen LogP contribution in [0.1, 0.15) is 189 Å². The van der Waals surface area contributed by atoms with Gasteiger partial charge in [-0.3, -0.25) is 19.2 Å². The monoisotopic (exact) mass is 889 g/mol. The number of aliphatic hydroxyl groups is 1. The SMILES string of the molecule is CCCCCC(=O)C(=O)NCCCC/C=C\CCCCCCO.CCCCCC(=O)C(=O)NCCCC/C=C\CCCCCCO[Si](c1ccccc1)(c1ccccc1)C(C)(C)C. The maximum Gasteiger partial charge on any atom is 0.287 e. The molecule has 0 aliphatic heterocycles. The number of allylic oxidation sites excluding steroid dienone is 4. The third kappa shape index (κ3) is 26.7. The number of hydrogen-bond donors (Lipinski definition) is 3. The topological polar surface area (TPSA) is 122 Å². The Morgan fingerprint density at radius 1 is 0.524 bits per heavy atom. The lowest BCUT2D eigenvalue weighted by Crippen LogP contribution is -2.66. The highest BCUT2D eigenvalue weighted by molar-refractivity contribution is 6.99. The summed E-state index contributed by atoms with van der Waals surface area (Å²) in [5, 5.41) is 16.8. The molecule has 0 spiro atoms. The first-order chi connectivity index (χ1) is 30.5. The summed E-state index contributed by atoms with van der Waals surface area (Å²) in [4.78, 5) is 46.6. The number of Topliss-reactive ketones (excluding diaryl/α,β-unsaturated/α-hetero) is 2. The zero-order valence-electron chi connectivity index (χ0n) is 40.4. The van der Waals surface area contributed by atoms with Gasteiger partial charge in [0.15, 0.2) is 0 Å². The molecule has 0 heterocycles. The summed E-state index contributed by atoms with van der Waals surface area (Å²) >= 11 is 0. The van der Waals surface area contributed by atoms with Crippen molar-refractivity contribution in [2.45, 2.75) is 194 Å². The molecule has 3 N–H and O–H groups in total. The van der Waals surface area contributed by atoms with Gasteiger partial charge in [0.1, 0.15) is 0 Å². The van der Waals surface area contributed by atoms with Crippen LogP contribution < -0.4 is 21.0 Å². The van der Waals surface area contributed by atoms with E-state index >= 15 is 0 Å². The van der Waals surface area contributed by atoms with Crippen molar-refractivity contribution < 1.29 is 28.7 Å². The molecule has 0 unspecified atom stereocenters. The van der Waals surface area contributed by atoms with E-state index in [4.69, 9.17) is 9.53 Å². The Kier molecular flexibility index (Phi) is 34.3. The predicted octanol–water partition coefficient (Wildman–Crippen LogP) is 11.4. The number of carbonyl (C=O) groups excluding carboxylic acids is 4. The second kappa shape index (κ2) is 37.7. The number of nitrogens with one attached hydrogen (secondary N) is 2. The fourth-order valence-corrected chi connectivity index (χ4v) is 12.2. The fraction of sp³-hybridized carbons (Fsp3) is 0.630. The highest BCUT2D eigenvalue weighted by Crippen LogP contribution is 2.36. The van der Waals surface area contributed by atoms with Crippen LogP contribution in [0.25, 0.3) is 0 Å². The molecule has 8 nitrogen and oxygen atoms in total. The second-order valence-corrected chi connectivity index (χ2v) is 22.2. The number of aliphatic hydroxyl groups excluding tert-OH is 1. The molecule has 9 heteroatoms. The normalized spacial score (nSPS) is 11.7. The van der Waals surface area contributed by atoms with Crippen LogP contribution in [0.3, 0.4) is 0 Å². The third-order valence-corrected chi connectivity index (χ3v) is 16.3. The Hall–Kier alpha value is -3.66. The van der Waals surface area contributed by atoms with Gasteiger partial charge < -0.3 is 20.2 Å². The van der Waals surface area contributed by atoms with Crippen molar-refractivity contribution in [2.24, 2.45) is 0 Å². The summed E-state index contributed by atoms with van der Waals surface area (Å²) in [6.45, 7) is 13.4. The van der Waals surface area contributed by atoms with Crippen LogP contribution in [0.5, 0.6) is 0 Å². The van der Waals surface area contributed by atoms with Crippen LogP contribution >= 0.6 is 0 Å². The summed E-state index contributed by atoms with van der Waals surface area (Å²) in [5.74, 6) is -1.38. The summed E-state index contributed by atoms with van der Waals surface area (Å²) < 4.78 is 6.99. The minimum atomic E-state index is -2.42. The zero-order chi connectivity index (χ0) is 46.3. The van der Waals surface area contributed by atoms with E-state index in [2.05, 4.69) is 130 Å². The van der Waals surface area contributed by atoms with Crippen molar-refractivity contribution in [3.8, 4) is 0 Å². The molecule has 0 fully saturated rings. The Morgan fingerprint density at radius 3 is 1.29 bits per heavy atom. The first-order valence-corrected chi connectivity index (χ1v) is 26.7. The number of hydrogen-bond acceptors (Lipinski definition) is 6. The van der Waals surface area contributed by atoms with Crippen molar-refractivity contribution in [2.75, 3.05) is 26.3 Å². The highest BCUT2D eigenvalue weighted by atomic mass is 28.4. The van der Waals surface area contributed by atoms with Gasteiger partial charge in [0.25, 0.3) is 20.1 Å². The van der Waals surface area contributed by atoms with E-state index < -0.39 is 20.1 Å². The quantitative estimate of drug-likeness (QED) is 0.0271. The minimum Gasteiger partial charge on any atom is -0.407 e. The molecule has 2 aromatic rings. The Morgan fingerprint density at radius 2 is 0.905 bits per heavy atom. The molecule has 0 radical (unpaired) electrons. The molecular formula is C54H88N2O6Si. The largest absolute Gasteiger partial charge is 0.407 e. The predicted molar refractivity (Wildman–Crippen MR) is 267 cm³/mol. The van der Waals surface area contributed by atoms with Gasteiger partial charge in [-0.25, -0.2) is 0 Å². The van der Waals surface area contributed by atoms with Gasteiger partial charge >= 0.3 is 0 Å². The van der Waals surface area contributed by atoms with Gasteiger partial charge in [-0.05, 0) is 105 Å². The van der Waals surface area contributed by atoms with Gasteiger partial charge in [0.05, 0.1) is 0 Å². The van der Waals surface area contributed by atoms with Crippen LogP contribution in [0.15, 0.2) is 85.0 Å². The van der Waals surface area contributed by atoms with E-state index in [1.54, 1.807) is 0 Å². The maximum absolute atomic E-state index is 11.8. The van der Waals surface area contributed by atoms with Crippen molar-refractivity contribution >= 4 is 42.1 Å². The average Bonchev–Trinajstić information content (AvgIpc) is 3.28. The molecule has 0 aliphatic carbocycles. The lowest BCUT2D eigenvalue weighted by atomic mass is 10.1. The zero-order valence-corrected chi connectivity index (χ0v) is 41.4. The first kappa shape index (κ1) is 57.4. The van der Waals surface area contributed by atoms with Crippen LogP contribution in [0, 0.1) is 0 Å². The molecule has 63 heavy (non-hydrogen) atoms. The third-order valence-electron chi connectivity index (χ3n) is 11.3. The molecule has 0 aliphatic rings. The lowest BCUT2D eigenvalue weighted by Gasteiger charge is -2.43. The molecule has 0 saturated carbocycles. The number of carbonyl (C=O) groups is 4. The van der Waals surface area contributed by atoms with Crippen molar-refractivity contribution in [1.82, 2.24) is 10.6 Å². The van der Waals surface area contributed by atoms with E-state index in [0.717, 1.165) is 116 Å². The summed E-state index contributed by atoms with van der Waals surface area (Å²) in [6.07, 6.45) is 32.7. The molecule has 0 saturated heterocycles. The van der Waals surface area contributed by atoms with E-state index in [9.17, 15) is 19.2 Å². The molecule has 2 rings (SSSR count). The molecule has 354 valence electrons. The Labute approximate surface area is 385 Å². The molecule has 2 aromatic carbocycles. The standard InChI is InChI=1S/C35H53NO3Si.C19H35NO3/c1-5-6-17-28-33(37)34(38)36-29-22-13-11-9-7-8-10-12-14-23-30-39-40(35(2,3)4,31-24-18-15-19-25-31)32-26-20-16-21-27-32;1-2-3-12-15-18(22)19(23)20-16-13-10-8-6-4-5-7-9-11-14-17-21/h7,9,15-16,18-21,24-27H,5-6,8,10-14,17,22-23,28-30H2,1-4H3,(H,36,38);4,6,21H,2-3,5,7-17H2,1H3,(H,20,23)/b9-7-;6-4-. The number of unbranched alkanes of at least 4 members (excludes halogenated alkanes) is 16. The molecular weight excluding hydrogens is 801 g/mol. The van der Waals surface area contributed by atoms with Crippen LogP contribution in [0.2, 0.25) is 5.04 Å². The van der Waals surface area contributed by atoms with Crippen LogP contribution in [-0.2, 0) is 23.6 Å². The number of amides is 2. The molecule has 0 aromatic heterocycles. The van der Waals surface area contributed by atoms with Gasteiger partial charge in [0.2, 0.25) is 11.6 Å². The smallest absolute Gasteiger partial charge is 0.287 e. The van der Waals surface area contributed by atoms with Crippen LogP contribution in [0.4, 0.5) is 0 Å². The summed E-state index contributed by atoms with van der Waals surface area (Å²) in [5.41, 5.74) is 0. The Balaban J connectivity index is 0.000000735. The van der Waals surface area contributed by atoms with E-state index in [1.165, 1.54) is 42.5 Å². The van der Waals surface area contributed by atoms with Crippen molar-refractivity contribution in [3.63, 3.8) is 0 Å². The van der Waals surface area contributed by atoms with Gasteiger partial charge in [-0.2, -0.15) is 0 Å². The van der Waals surface area contributed by atoms with E-state index in [-0.39, 0.29) is 16.6 Å². The van der Waals surface area contributed by atoms with E-state index in [1.807, 2.05) is 0 Å². The second-order valence-electron chi connectivity index (χ2n) is 17.8. The summed E-state index contributed by atoms with van der Waals surface area (Å²) in [7, 11) is -2.42. The fourth-order valence-electron chi connectivity index (χ4n) is 7.58. The lowest BCUT2D eigenvalue weighted by molar-refractivity contribution is -0.138. The number of ketones is 2. The van der Waals surface area contributed by atoms with Gasteiger partial charge in [-0.15, -0.1) is 0 Å². The average molecular weight is 889 g/mol. The van der Waals surface area contributed by atoms with Crippen molar-refractivity contribution in [1.29, 1.82) is 0 Å². The Bertz CT molecular complexity index is 1480. The van der Waals surface area contributed by atoms with Gasteiger partial charge in [-0.1, -0.05) is 171 Å². The minimum absolute atomic E-state index is 0.0256. The maximum atomic E-state index is 11.8. The van der Waals surface area contributed by atoms with Crippen molar-refractivity contribution in [3.05, 3.63) is 85.0 Å². The molecule has 0 atom stereocenters. The highest BCUT2D eigenvalue weighted by Gasteiger charge is 2.49. The number of benzene rings is 2. The van der Waals surface area contributed by atoms with Crippen LogP contribution in [-0.4, -0.2) is 63.1 Å². The molecule has 0 bridgehead atoms. The van der Waals surface area contributed by atoms with E-state index in [0.29, 0.717) is 32.5 Å². The molecule has 2 amide bonds. The first-order valence-electron chi connectivity index (χ1n) is 24.8. The van der Waals surface area contributed by atoms with Gasteiger partial charge in [0, 0.05) is 39.1 Å². The summed E-state index contributed by atoms with van der Waals surface area (Å²) in [6, 6.07) is 21.7. The number of rotatable bonds is 36.